The van der Waals surface area contributed by atoms with E-state index >= 15 is 0 Å². The highest BCUT2D eigenvalue weighted by Gasteiger charge is 2.25. The normalized spacial score (nSPS) is 12.4. The molecule has 0 aromatic carbocycles. The van der Waals surface area contributed by atoms with Gasteiger partial charge in [-0.1, -0.05) is 47.8 Å². The predicted molar refractivity (Wildman–Crippen MR) is 123 cm³/mol. The van der Waals surface area contributed by atoms with Gasteiger partial charge in [-0.25, -0.2) is 10.2 Å². The molecule has 3 N–H and O–H groups in total. The van der Waals surface area contributed by atoms with Gasteiger partial charge in [0.05, 0.1) is 0 Å². The van der Waals surface area contributed by atoms with Crippen molar-refractivity contribution in [1.82, 2.24) is 15.8 Å². The number of hydrogen-bond acceptors (Lipinski definition) is 6. The summed E-state index contributed by atoms with van der Waals surface area (Å²) >= 11 is 0. The highest BCUT2D eigenvalue weighted by Crippen LogP contribution is 2.39. The maximum absolute atomic E-state index is 12.1. The van der Waals surface area contributed by atoms with Crippen LogP contribution in [-0.4, -0.2) is 57.9 Å². The summed E-state index contributed by atoms with van der Waals surface area (Å²) in [6.45, 7) is 8.65. The predicted octanol–water partition coefficient (Wildman–Crippen LogP) is 3.84. The standard InChI is InChI=1S/C20H39N3O4S2/c1-6-7-8-9-14-21-22-17(24)11-10-15-28-29-20(3,4)13-12-18(25)23(5)16(2)19(26)27/h16,21H,6-15H2,1-5H3,(H,22,24)(H,26,27)/t16-/m0/s1. The van der Waals surface area contributed by atoms with Gasteiger partial charge < -0.3 is 10.0 Å². The minimum absolute atomic E-state index is 0.0199. The van der Waals surface area contributed by atoms with Crippen LogP contribution in [0.4, 0.5) is 0 Å². The lowest BCUT2D eigenvalue weighted by molar-refractivity contribution is -0.148. The van der Waals surface area contributed by atoms with Gasteiger partial charge in [0, 0.05) is 36.9 Å². The van der Waals surface area contributed by atoms with Gasteiger partial charge in [0.2, 0.25) is 11.8 Å². The lowest BCUT2D eigenvalue weighted by atomic mass is 10.1. The zero-order valence-corrected chi connectivity index (χ0v) is 20.2. The lowest BCUT2D eigenvalue weighted by Gasteiger charge is -2.26. The quantitative estimate of drug-likeness (QED) is 0.176. The average Bonchev–Trinajstić information content (AvgIpc) is 2.67. The zero-order chi connectivity index (χ0) is 22.3. The van der Waals surface area contributed by atoms with E-state index < -0.39 is 12.0 Å². The van der Waals surface area contributed by atoms with Gasteiger partial charge in [-0.2, -0.15) is 0 Å². The number of rotatable bonds is 17. The zero-order valence-electron chi connectivity index (χ0n) is 18.6. The number of aliphatic carboxylic acids is 1. The molecule has 0 aliphatic rings. The number of carbonyl (C=O) groups is 3. The van der Waals surface area contributed by atoms with Crippen LogP contribution >= 0.6 is 21.6 Å². The Morgan fingerprint density at radius 1 is 1.10 bits per heavy atom. The molecule has 1 atom stereocenters. The molecular weight excluding hydrogens is 410 g/mol. The van der Waals surface area contributed by atoms with Crippen molar-refractivity contribution in [1.29, 1.82) is 0 Å². The third-order valence-electron chi connectivity index (χ3n) is 4.57. The Kier molecular flexibility index (Phi) is 15.3. The van der Waals surface area contributed by atoms with Gasteiger partial charge >= 0.3 is 5.97 Å². The van der Waals surface area contributed by atoms with E-state index in [9.17, 15) is 14.4 Å². The second kappa shape index (κ2) is 15.8. The molecule has 170 valence electrons. The van der Waals surface area contributed by atoms with Crippen molar-refractivity contribution in [2.24, 2.45) is 0 Å². The molecule has 0 rings (SSSR count). The molecule has 0 aromatic rings. The molecule has 0 heterocycles. The molecule has 0 aliphatic heterocycles. The number of carboxylic acids is 1. The highest BCUT2D eigenvalue weighted by molar-refractivity contribution is 8.77. The van der Waals surface area contributed by atoms with Crippen LogP contribution in [0.15, 0.2) is 0 Å². The van der Waals surface area contributed by atoms with E-state index in [1.54, 1.807) is 21.6 Å². The third kappa shape index (κ3) is 14.7. The van der Waals surface area contributed by atoms with Crippen LogP contribution < -0.4 is 10.9 Å². The fourth-order valence-electron chi connectivity index (χ4n) is 2.36. The Labute approximate surface area is 183 Å². The number of carbonyl (C=O) groups excluding carboxylic acids is 2. The minimum Gasteiger partial charge on any atom is -0.480 e. The molecule has 7 nitrogen and oxygen atoms in total. The summed E-state index contributed by atoms with van der Waals surface area (Å²) in [5.74, 6) is -0.271. The molecule has 0 aliphatic carbocycles. The van der Waals surface area contributed by atoms with Crippen molar-refractivity contribution in [2.75, 3.05) is 19.3 Å². The molecule has 9 heteroatoms. The van der Waals surface area contributed by atoms with E-state index in [1.165, 1.54) is 38.1 Å². The van der Waals surface area contributed by atoms with Gasteiger partial charge in [-0.05, 0) is 40.0 Å². The maximum atomic E-state index is 12.1. The summed E-state index contributed by atoms with van der Waals surface area (Å²) in [5.41, 5.74) is 5.71. The van der Waals surface area contributed by atoms with Crippen LogP contribution in [0.5, 0.6) is 0 Å². The van der Waals surface area contributed by atoms with Gasteiger partial charge in [-0.3, -0.25) is 15.0 Å². The van der Waals surface area contributed by atoms with E-state index in [0.717, 1.165) is 25.1 Å². The van der Waals surface area contributed by atoms with Crippen molar-refractivity contribution in [3.63, 3.8) is 0 Å². The Balaban J connectivity index is 3.85. The van der Waals surface area contributed by atoms with Crippen molar-refractivity contribution >= 4 is 39.4 Å². The number of hydrazine groups is 1. The number of nitrogens with one attached hydrogen (secondary N) is 2. The Morgan fingerprint density at radius 3 is 2.41 bits per heavy atom. The smallest absolute Gasteiger partial charge is 0.326 e. The molecule has 29 heavy (non-hydrogen) atoms. The average molecular weight is 450 g/mol. The summed E-state index contributed by atoms with van der Waals surface area (Å²) in [4.78, 5) is 36.2. The van der Waals surface area contributed by atoms with E-state index in [0.29, 0.717) is 19.3 Å². The highest BCUT2D eigenvalue weighted by atomic mass is 33.1. The number of hydrogen-bond donors (Lipinski definition) is 3. The first kappa shape index (κ1) is 28.1. The minimum atomic E-state index is -0.999. The number of unbranched alkanes of at least 4 members (excludes halogenated alkanes) is 3. The Morgan fingerprint density at radius 2 is 1.79 bits per heavy atom. The molecule has 0 saturated carbocycles. The van der Waals surface area contributed by atoms with Crippen LogP contribution in [0.2, 0.25) is 0 Å². The van der Waals surface area contributed by atoms with Gasteiger partial charge in [-0.15, -0.1) is 0 Å². The monoisotopic (exact) mass is 449 g/mol. The van der Waals surface area contributed by atoms with E-state index in [-0.39, 0.29) is 16.6 Å². The molecule has 0 spiro atoms. The van der Waals surface area contributed by atoms with Crippen molar-refractivity contribution in [3.05, 3.63) is 0 Å². The van der Waals surface area contributed by atoms with Crippen LogP contribution in [0, 0.1) is 0 Å². The second-order valence-electron chi connectivity index (χ2n) is 7.82. The lowest BCUT2D eigenvalue weighted by Crippen LogP contribution is -2.40. The van der Waals surface area contributed by atoms with Crippen molar-refractivity contribution in [2.45, 2.75) is 89.9 Å². The Bertz CT molecular complexity index is 504. The summed E-state index contributed by atoms with van der Waals surface area (Å²) in [6, 6.07) is -0.815. The largest absolute Gasteiger partial charge is 0.480 e. The van der Waals surface area contributed by atoms with Gasteiger partial charge in [0.25, 0.3) is 0 Å². The molecule has 0 unspecified atom stereocenters. The second-order valence-corrected chi connectivity index (χ2v) is 10.9. The van der Waals surface area contributed by atoms with Gasteiger partial charge in [0.15, 0.2) is 0 Å². The van der Waals surface area contributed by atoms with E-state index in [2.05, 4.69) is 31.6 Å². The third-order valence-corrected chi connectivity index (χ3v) is 8.01. The molecule has 0 aromatic heterocycles. The maximum Gasteiger partial charge on any atom is 0.326 e. The molecule has 0 bridgehead atoms. The summed E-state index contributed by atoms with van der Waals surface area (Å²) in [6.07, 6.45) is 6.97. The summed E-state index contributed by atoms with van der Waals surface area (Å²) in [5, 5.41) is 8.99. The molecular formula is C20H39N3O4S2. The Hall–Kier alpha value is -0.930. The van der Waals surface area contributed by atoms with E-state index in [4.69, 9.17) is 5.11 Å². The topological polar surface area (TPSA) is 98.7 Å². The van der Waals surface area contributed by atoms with Crippen molar-refractivity contribution < 1.29 is 19.5 Å². The first-order chi connectivity index (χ1) is 13.6. The molecule has 0 saturated heterocycles. The SMILES string of the molecule is CCCCCCNNC(=O)CCCSSC(C)(C)CCC(=O)N(C)[C@@H](C)C(=O)O. The number of likely N-dealkylation sites (N-methyl/N-ethyl adjacent to an activating group) is 1. The first-order valence-electron chi connectivity index (χ1n) is 10.4. The fraction of sp³-hybridized carbons (Fsp3) is 0.850. The van der Waals surface area contributed by atoms with Crippen LogP contribution in [0.25, 0.3) is 0 Å². The molecule has 2 amide bonds. The molecule has 0 fully saturated rings. The van der Waals surface area contributed by atoms with E-state index in [1.807, 2.05) is 0 Å². The first-order valence-corrected chi connectivity index (χ1v) is 12.7. The van der Waals surface area contributed by atoms with Crippen molar-refractivity contribution in [3.8, 4) is 0 Å². The van der Waals surface area contributed by atoms with Crippen LogP contribution in [0.3, 0.4) is 0 Å². The summed E-state index contributed by atoms with van der Waals surface area (Å²) < 4.78 is -0.101. The number of nitrogens with zero attached hydrogens (tertiary/aromatic N) is 1. The fourth-order valence-corrected chi connectivity index (χ4v) is 5.02. The summed E-state index contributed by atoms with van der Waals surface area (Å²) in [7, 11) is 4.95. The van der Waals surface area contributed by atoms with Crippen LogP contribution in [0.1, 0.15) is 79.1 Å². The number of carboxylic acid groups (broad SMARTS) is 1. The van der Waals surface area contributed by atoms with Gasteiger partial charge in [0.1, 0.15) is 6.04 Å². The van der Waals surface area contributed by atoms with Crippen LogP contribution in [-0.2, 0) is 14.4 Å². The molecule has 0 radical (unpaired) electrons. The number of amides is 2.